The van der Waals surface area contributed by atoms with Crippen molar-refractivity contribution in [2.75, 3.05) is 5.75 Å². The smallest absolute Gasteiger partial charge is 0.0596 e. The normalized spacial score (nSPS) is 23.3. The van der Waals surface area contributed by atoms with E-state index in [1.807, 2.05) is 30.4 Å². The molecular weight excluding hydrogens is 218 g/mol. The maximum atomic E-state index is 6.30. The van der Waals surface area contributed by atoms with E-state index in [9.17, 15) is 0 Å². The van der Waals surface area contributed by atoms with Gasteiger partial charge in [0.15, 0.2) is 0 Å². The van der Waals surface area contributed by atoms with Gasteiger partial charge in [-0.1, -0.05) is 6.42 Å². The first kappa shape index (κ1) is 12.0. The van der Waals surface area contributed by atoms with Crippen molar-refractivity contribution in [1.82, 2.24) is 9.78 Å². The molecule has 4 heteroatoms. The number of aromatic nitrogens is 2. The van der Waals surface area contributed by atoms with Gasteiger partial charge in [0.05, 0.1) is 5.69 Å². The van der Waals surface area contributed by atoms with Crippen LogP contribution in [-0.2, 0) is 13.5 Å². The Labute approximate surface area is 102 Å². The molecule has 0 bridgehead atoms. The van der Waals surface area contributed by atoms with E-state index < -0.39 is 0 Å². The van der Waals surface area contributed by atoms with Gasteiger partial charge in [-0.3, -0.25) is 4.68 Å². The summed E-state index contributed by atoms with van der Waals surface area (Å²) in [5, 5.41) is 5.01. The maximum absolute atomic E-state index is 6.30. The second-order valence-corrected chi connectivity index (χ2v) is 6.02. The third-order valence-electron chi connectivity index (χ3n) is 3.24. The number of aryl methyl sites for hydroxylation is 2. The number of hydrogen-bond donors (Lipinski definition) is 1. The van der Waals surface area contributed by atoms with Gasteiger partial charge >= 0.3 is 0 Å². The summed E-state index contributed by atoms with van der Waals surface area (Å²) in [7, 11) is 2.00. The van der Waals surface area contributed by atoms with Gasteiger partial charge in [0.1, 0.15) is 0 Å². The predicted molar refractivity (Wildman–Crippen MR) is 69.7 cm³/mol. The molecule has 0 amide bonds. The Bertz CT molecular complexity index is 342. The van der Waals surface area contributed by atoms with E-state index in [0.717, 1.165) is 12.1 Å². The van der Waals surface area contributed by atoms with E-state index in [0.29, 0.717) is 5.25 Å². The van der Waals surface area contributed by atoms with Crippen LogP contribution in [0.3, 0.4) is 0 Å². The van der Waals surface area contributed by atoms with Crippen LogP contribution in [0.15, 0.2) is 6.07 Å². The Balaban J connectivity index is 1.95. The van der Waals surface area contributed by atoms with Crippen molar-refractivity contribution in [3.05, 3.63) is 17.5 Å². The standard InChI is InChI=1S/C12H21N3S/c1-9-7-10(15(2)14-9)8-11(13)12-5-3-4-6-16-12/h7,11-12H,3-6,8,13H2,1-2H3. The molecule has 1 fully saturated rings. The zero-order valence-electron chi connectivity index (χ0n) is 10.1. The van der Waals surface area contributed by atoms with E-state index in [4.69, 9.17) is 5.73 Å². The summed E-state index contributed by atoms with van der Waals surface area (Å²) >= 11 is 2.05. The summed E-state index contributed by atoms with van der Waals surface area (Å²) in [5.41, 5.74) is 8.64. The number of thioether (sulfide) groups is 1. The van der Waals surface area contributed by atoms with Gasteiger partial charge in [0, 0.05) is 30.5 Å². The SMILES string of the molecule is Cc1cc(CC(N)C2CCCCS2)n(C)n1. The Hall–Kier alpha value is -0.480. The lowest BCUT2D eigenvalue weighted by atomic mass is 10.0. The quantitative estimate of drug-likeness (QED) is 0.876. The highest BCUT2D eigenvalue weighted by molar-refractivity contribution is 8.00. The molecule has 0 aromatic carbocycles. The topological polar surface area (TPSA) is 43.8 Å². The molecule has 90 valence electrons. The second-order valence-electron chi connectivity index (χ2n) is 4.67. The van der Waals surface area contributed by atoms with Crippen LogP contribution in [0.25, 0.3) is 0 Å². The van der Waals surface area contributed by atoms with E-state index in [1.165, 1.54) is 30.7 Å². The monoisotopic (exact) mass is 239 g/mol. The van der Waals surface area contributed by atoms with Crippen LogP contribution in [0, 0.1) is 6.92 Å². The summed E-state index contributed by atoms with van der Waals surface area (Å²) in [4.78, 5) is 0. The van der Waals surface area contributed by atoms with E-state index in [2.05, 4.69) is 11.2 Å². The summed E-state index contributed by atoms with van der Waals surface area (Å²) in [6.45, 7) is 2.03. The van der Waals surface area contributed by atoms with Gasteiger partial charge in [-0.05, 0) is 31.6 Å². The minimum atomic E-state index is 0.278. The molecule has 2 heterocycles. The van der Waals surface area contributed by atoms with Crippen LogP contribution in [-0.4, -0.2) is 26.8 Å². The van der Waals surface area contributed by atoms with Crippen molar-refractivity contribution in [1.29, 1.82) is 0 Å². The molecule has 2 rings (SSSR count). The molecule has 0 aliphatic carbocycles. The molecule has 1 aromatic heterocycles. The fourth-order valence-corrected chi connectivity index (χ4v) is 3.68. The molecule has 1 saturated heterocycles. The lowest BCUT2D eigenvalue weighted by Gasteiger charge is -2.26. The fraction of sp³-hybridized carbons (Fsp3) is 0.750. The Morgan fingerprint density at radius 1 is 1.62 bits per heavy atom. The highest BCUT2D eigenvalue weighted by atomic mass is 32.2. The van der Waals surface area contributed by atoms with Crippen LogP contribution in [0.1, 0.15) is 30.7 Å². The first-order chi connectivity index (χ1) is 7.66. The van der Waals surface area contributed by atoms with Crippen LogP contribution in [0.5, 0.6) is 0 Å². The molecule has 1 aliphatic heterocycles. The Kier molecular flexibility index (Phi) is 3.92. The maximum Gasteiger partial charge on any atom is 0.0596 e. The summed E-state index contributed by atoms with van der Waals surface area (Å²) in [6.07, 6.45) is 4.94. The van der Waals surface area contributed by atoms with Crippen molar-refractivity contribution < 1.29 is 0 Å². The minimum absolute atomic E-state index is 0.278. The first-order valence-corrected chi connectivity index (χ1v) is 7.08. The third kappa shape index (κ3) is 2.80. The second kappa shape index (κ2) is 5.23. The van der Waals surface area contributed by atoms with Crippen molar-refractivity contribution >= 4 is 11.8 Å². The average Bonchev–Trinajstić information content (AvgIpc) is 2.59. The Morgan fingerprint density at radius 2 is 2.44 bits per heavy atom. The molecule has 0 spiro atoms. The molecule has 0 saturated carbocycles. The first-order valence-electron chi connectivity index (χ1n) is 6.03. The van der Waals surface area contributed by atoms with Gasteiger partial charge in [-0.25, -0.2) is 0 Å². The minimum Gasteiger partial charge on any atom is -0.326 e. The molecular formula is C12H21N3S. The van der Waals surface area contributed by atoms with Gasteiger partial charge in [-0.15, -0.1) is 0 Å². The highest BCUT2D eigenvalue weighted by Crippen LogP contribution is 2.28. The number of nitrogens with zero attached hydrogens (tertiary/aromatic N) is 2. The summed E-state index contributed by atoms with van der Waals surface area (Å²) in [6, 6.07) is 2.42. The number of rotatable bonds is 3. The van der Waals surface area contributed by atoms with Crippen molar-refractivity contribution in [2.24, 2.45) is 12.8 Å². The van der Waals surface area contributed by atoms with E-state index >= 15 is 0 Å². The molecule has 16 heavy (non-hydrogen) atoms. The van der Waals surface area contributed by atoms with Crippen LogP contribution < -0.4 is 5.73 Å². The van der Waals surface area contributed by atoms with Gasteiger partial charge in [0.25, 0.3) is 0 Å². The molecule has 1 aromatic rings. The fourth-order valence-electron chi connectivity index (χ4n) is 2.33. The lowest BCUT2D eigenvalue weighted by molar-refractivity contribution is 0.542. The van der Waals surface area contributed by atoms with Gasteiger partial charge < -0.3 is 5.73 Å². The van der Waals surface area contributed by atoms with E-state index in [-0.39, 0.29) is 6.04 Å². The van der Waals surface area contributed by atoms with Gasteiger partial charge in [-0.2, -0.15) is 16.9 Å². The van der Waals surface area contributed by atoms with Crippen molar-refractivity contribution in [2.45, 2.75) is 43.9 Å². The molecule has 0 radical (unpaired) electrons. The average molecular weight is 239 g/mol. The lowest BCUT2D eigenvalue weighted by Crippen LogP contribution is -2.36. The summed E-state index contributed by atoms with van der Waals surface area (Å²) < 4.78 is 1.96. The van der Waals surface area contributed by atoms with Crippen LogP contribution in [0.4, 0.5) is 0 Å². The zero-order valence-corrected chi connectivity index (χ0v) is 11.0. The largest absolute Gasteiger partial charge is 0.326 e. The molecule has 2 unspecified atom stereocenters. The molecule has 2 N–H and O–H groups in total. The van der Waals surface area contributed by atoms with Crippen LogP contribution >= 0.6 is 11.8 Å². The third-order valence-corrected chi connectivity index (χ3v) is 4.77. The van der Waals surface area contributed by atoms with Gasteiger partial charge in [0.2, 0.25) is 0 Å². The molecule has 2 atom stereocenters. The highest BCUT2D eigenvalue weighted by Gasteiger charge is 2.22. The zero-order chi connectivity index (χ0) is 11.5. The number of nitrogens with two attached hydrogens (primary N) is 1. The molecule has 1 aliphatic rings. The predicted octanol–water partition coefficient (Wildman–Crippen LogP) is 1.88. The summed E-state index contributed by atoms with van der Waals surface area (Å²) in [5.74, 6) is 1.28. The van der Waals surface area contributed by atoms with Crippen molar-refractivity contribution in [3.8, 4) is 0 Å². The Morgan fingerprint density at radius 3 is 3.00 bits per heavy atom. The number of hydrogen-bond acceptors (Lipinski definition) is 3. The van der Waals surface area contributed by atoms with Crippen molar-refractivity contribution in [3.63, 3.8) is 0 Å². The van der Waals surface area contributed by atoms with Crippen LogP contribution in [0.2, 0.25) is 0 Å². The van der Waals surface area contributed by atoms with E-state index in [1.54, 1.807) is 0 Å². The molecule has 3 nitrogen and oxygen atoms in total.